The van der Waals surface area contributed by atoms with Crippen molar-refractivity contribution in [2.24, 2.45) is 5.92 Å². The van der Waals surface area contributed by atoms with Crippen LogP contribution in [0.15, 0.2) is 35.2 Å². The lowest BCUT2D eigenvalue weighted by Crippen LogP contribution is -2.25. The summed E-state index contributed by atoms with van der Waals surface area (Å²) in [6.07, 6.45) is 10.3. The summed E-state index contributed by atoms with van der Waals surface area (Å²) in [7, 11) is 0. The van der Waals surface area contributed by atoms with Gasteiger partial charge in [0.2, 0.25) is 5.91 Å². The summed E-state index contributed by atoms with van der Waals surface area (Å²) in [5.41, 5.74) is 1.41. The molecule has 1 N–H and O–H groups in total. The Morgan fingerprint density at radius 1 is 1.29 bits per heavy atom. The van der Waals surface area contributed by atoms with Crippen LogP contribution in [0.5, 0.6) is 0 Å². The smallest absolute Gasteiger partial charge is 0.220 e. The minimum absolute atomic E-state index is 0.0953. The van der Waals surface area contributed by atoms with Crippen LogP contribution < -0.4 is 5.32 Å². The molecule has 0 unspecified atom stereocenters. The molecule has 0 atom stereocenters. The van der Waals surface area contributed by atoms with Crippen molar-refractivity contribution in [1.29, 1.82) is 0 Å². The van der Waals surface area contributed by atoms with Crippen molar-refractivity contribution in [3.63, 3.8) is 0 Å². The molecule has 0 saturated heterocycles. The molecule has 2 aromatic heterocycles. The number of hydrogen-bond acceptors (Lipinski definition) is 4. The molecule has 5 heteroatoms. The van der Waals surface area contributed by atoms with Crippen LogP contribution in [-0.2, 0) is 11.3 Å². The zero-order valence-electron chi connectivity index (χ0n) is 11.9. The normalized spacial score (nSPS) is 15.2. The van der Waals surface area contributed by atoms with Gasteiger partial charge in [-0.3, -0.25) is 9.78 Å². The van der Waals surface area contributed by atoms with Crippen LogP contribution in [-0.4, -0.2) is 15.9 Å². The van der Waals surface area contributed by atoms with Crippen LogP contribution in [0.4, 0.5) is 0 Å². The molecule has 1 fully saturated rings. The molecule has 1 aliphatic rings. The van der Waals surface area contributed by atoms with Crippen LogP contribution in [0.25, 0.3) is 11.5 Å². The van der Waals surface area contributed by atoms with E-state index < -0.39 is 0 Å². The van der Waals surface area contributed by atoms with Crippen molar-refractivity contribution >= 4 is 5.91 Å². The summed E-state index contributed by atoms with van der Waals surface area (Å²) < 4.78 is 5.36. The van der Waals surface area contributed by atoms with Gasteiger partial charge >= 0.3 is 0 Å². The first kappa shape index (κ1) is 13.8. The highest BCUT2D eigenvalue weighted by molar-refractivity contribution is 5.76. The molecule has 0 aromatic carbocycles. The van der Waals surface area contributed by atoms with Gasteiger partial charge in [0.1, 0.15) is 5.69 Å². The fraction of sp³-hybridized carbons (Fsp3) is 0.438. The van der Waals surface area contributed by atoms with Gasteiger partial charge in [-0.25, -0.2) is 4.98 Å². The summed E-state index contributed by atoms with van der Waals surface area (Å²) in [6, 6.07) is 3.65. The van der Waals surface area contributed by atoms with Crippen LogP contribution in [0.2, 0.25) is 0 Å². The number of carbonyl (C=O) groups is 1. The van der Waals surface area contributed by atoms with Gasteiger partial charge in [-0.1, -0.05) is 12.8 Å². The zero-order valence-corrected chi connectivity index (χ0v) is 11.9. The summed E-state index contributed by atoms with van der Waals surface area (Å²) in [4.78, 5) is 20.6. The molecular weight excluding hydrogens is 266 g/mol. The first-order chi connectivity index (χ1) is 10.3. The quantitative estimate of drug-likeness (QED) is 0.917. The van der Waals surface area contributed by atoms with Crippen molar-refractivity contribution in [2.75, 3.05) is 0 Å². The van der Waals surface area contributed by atoms with Gasteiger partial charge in [-0.05, 0) is 30.9 Å². The van der Waals surface area contributed by atoms with Gasteiger partial charge in [0.15, 0.2) is 5.76 Å². The SMILES string of the molecule is O=C(CC1CCCC1)NCc1nccnc1-c1ccco1. The molecule has 21 heavy (non-hydrogen) atoms. The number of rotatable bonds is 5. The van der Waals surface area contributed by atoms with Crippen LogP contribution in [0, 0.1) is 5.92 Å². The van der Waals surface area contributed by atoms with E-state index in [2.05, 4.69) is 15.3 Å². The van der Waals surface area contributed by atoms with Gasteiger partial charge in [-0.2, -0.15) is 0 Å². The monoisotopic (exact) mass is 285 g/mol. The molecule has 0 bridgehead atoms. The van der Waals surface area contributed by atoms with E-state index in [9.17, 15) is 4.79 Å². The van der Waals surface area contributed by atoms with Gasteiger partial charge in [0, 0.05) is 18.8 Å². The van der Waals surface area contributed by atoms with Crippen molar-refractivity contribution < 1.29 is 9.21 Å². The third-order valence-electron chi connectivity index (χ3n) is 3.93. The third kappa shape index (κ3) is 3.48. The highest BCUT2D eigenvalue weighted by atomic mass is 16.3. The first-order valence-corrected chi connectivity index (χ1v) is 7.43. The molecule has 1 amide bonds. The zero-order chi connectivity index (χ0) is 14.5. The number of nitrogens with zero attached hydrogens (tertiary/aromatic N) is 2. The number of nitrogens with one attached hydrogen (secondary N) is 1. The predicted octanol–water partition coefficient (Wildman–Crippen LogP) is 2.93. The summed E-state index contributed by atoms with van der Waals surface area (Å²) in [5, 5.41) is 2.95. The van der Waals surface area contributed by atoms with Crippen LogP contribution >= 0.6 is 0 Å². The second-order valence-electron chi connectivity index (χ2n) is 5.46. The maximum atomic E-state index is 12.0. The van der Waals surface area contributed by atoms with Gasteiger partial charge in [-0.15, -0.1) is 0 Å². The van der Waals surface area contributed by atoms with E-state index in [1.165, 1.54) is 25.7 Å². The van der Waals surface area contributed by atoms with E-state index in [0.29, 0.717) is 30.3 Å². The second-order valence-corrected chi connectivity index (χ2v) is 5.46. The molecule has 2 heterocycles. The molecule has 1 aliphatic carbocycles. The van der Waals surface area contributed by atoms with Crippen molar-refractivity contribution in [2.45, 2.75) is 38.6 Å². The van der Waals surface area contributed by atoms with Crippen LogP contribution in [0.3, 0.4) is 0 Å². The Hall–Kier alpha value is -2.17. The maximum Gasteiger partial charge on any atom is 0.220 e. The highest BCUT2D eigenvalue weighted by Crippen LogP contribution is 2.27. The summed E-state index contributed by atoms with van der Waals surface area (Å²) in [6.45, 7) is 0.384. The lowest BCUT2D eigenvalue weighted by Gasteiger charge is -2.10. The average Bonchev–Trinajstić information content (AvgIpc) is 3.18. The second kappa shape index (κ2) is 6.52. The van der Waals surface area contributed by atoms with E-state index >= 15 is 0 Å². The van der Waals surface area contributed by atoms with E-state index in [-0.39, 0.29) is 5.91 Å². The first-order valence-electron chi connectivity index (χ1n) is 7.43. The number of carbonyl (C=O) groups excluding carboxylic acids is 1. The highest BCUT2D eigenvalue weighted by Gasteiger charge is 2.18. The van der Waals surface area contributed by atoms with E-state index in [4.69, 9.17) is 4.42 Å². The van der Waals surface area contributed by atoms with E-state index in [0.717, 1.165) is 5.69 Å². The van der Waals surface area contributed by atoms with Gasteiger partial charge in [0.05, 0.1) is 18.5 Å². The van der Waals surface area contributed by atoms with E-state index in [1.807, 2.05) is 12.1 Å². The Balaban J connectivity index is 1.61. The number of hydrogen-bond donors (Lipinski definition) is 1. The Labute approximate surface area is 123 Å². The predicted molar refractivity (Wildman–Crippen MR) is 78.2 cm³/mol. The maximum absolute atomic E-state index is 12.0. The number of furan rings is 1. The average molecular weight is 285 g/mol. The fourth-order valence-electron chi connectivity index (χ4n) is 2.85. The summed E-state index contributed by atoms with van der Waals surface area (Å²) in [5.74, 6) is 1.32. The minimum atomic E-state index is 0.0953. The van der Waals surface area contributed by atoms with Crippen molar-refractivity contribution in [3.05, 3.63) is 36.5 Å². The third-order valence-corrected chi connectivity index (χ3v) is 3.93. The Kier molecular flexibility index (Phi) is 4.28. The summed E-state index contributed by atoms with van der Waals surface area (Å²) >= 11 is 0. The molecule has 5 nitrogen and oxygen atoms in total. The molecule has 1 saturated carbocycles. The Morgan fingerprint density at radius 3 is 2.86 bits per heavy atom. The Bertz CT molecular complexity index is 589. The minimum Gasteiger partial charge on any atom is -0.463 e. The lowest BCUT2D eigenvalue weighted by molar-refractivity contribution is -0.122. The lowest BCUT2D eigenvalue weighted by atomic mass is 10.0. The van der Waals surface area contributed by atoms with Gasteiger partial charge in [0.25, 0.3) is 0 Å². The molecule has 110 valence electrons. The van der Waals surface area contributed by atoms with Crippen molar-refractivity contribution in [3.8, 4) is 11.5 Å². The largest absolute Gasteiger partial charge is 0.463 e. The molecule has 0 radical (unpaired) electrons. The van der Waals surface area contributed by atoms with Crippen molar-refractivity contribution in [1.82, 2.24) is 15.3 Å². The molecule has 0 spiro atoms. The standard InChI is InChI=1S/C16H19N3O2/c20-15(10-12-4-1-2-5-12)19-11-13-16(18-8-7-17-13)14-6-3-9-21-14/h3,6-9,12H,1-2,4-5,10-11H2,(H,19,20). The fourth-order valence-corrected chi connectivity index (χ4v) is 2.85. The molecule has 0 aliphatic heterocycles. The molecular formula is C16H19N3O2. The molecule has 3 rings (SSSR count). The molecule has 2 aromatic rings. The van der Waals surface area contributed by atoms with Gasteiger partial charge < -0.3 is 9.73 Å². The Morgan fingerprint density at radius 2 is 2.10 bits per heavy atom. The number of amides is 1. The number of aromatic nitrogens is 2. The van der Waals surface area contributed by atoms with Crippen LogP contribution in [0.1, 0.15) is 37.8 Å². The topological polar surface area (TPSA) is 68.0 Å². The van der Waals surface area contributed by atoms with E-state index in [1.54, 1.807) is 18.7 Å².